The normalized spacial score (nSPS) is 11.2. The molecule has 0 spiro atoms. The molecule has 0 unspecified atom stereocenters. The number of rotatable bonds is 4. The van der Waals surface area contributed by atoms with Crippen LogP contribution in [0, 0.1) is 0 Å². The van der Waals surface area contributed by atoms with E-state index in [-0.39, 0.29) is 12.2 Å². The maximum Gasteiger partial charge on any atom is 0.251 e. The highest BCUT2D eigenvalue weighted by Gasteiger charge is 1.98. The van der Waals surface area contributed by atoms with Crippen molar-refractivity contribution in [2.24, 2.45) is 7.05 Å². The molecular weight excluding hydrogens is 232 g/mol. The average molecular weight is 246 g/mol. The first-order chi connectivity index (χ1) is 8.67. The van der Waals surface area contributed by atoms with Gasteiger partial charge in [0.05, 0.1) is 11.9 Å². The summed E-state index contributed by atoms with van der Waals surface area (Å²) in [6, 6.07) is 1.44. The summed E-state index contributed by atoms with van der Waals surface area (Å²) < 4.78 is 6.64. The summed E-state index contributed by atoms with van der Waals surface area (Å²) in [6.07, 6.45) is 7.23. The molecule has 0 aromatic carbocycles. The zero-order valence-electron chi connectivity index (χ0n) is 10.3. The van der Waals surface area contributed by atoms with Gasteiger partial charge >= 0.3 is 0 Å². The maximum absolute atomic E-state index is 11.4. The van der Waals surface area contributed by atoms with Crippen LogP contribution in [0.2, 0.25) is 0 Å². The molecule has 0 saturated carbocycles. The molecule has 1 N–H and O–H groups in total. The zero-order valence-corrected chi connectivity index (χ0v) is 10.3. The van der Waals surface area contributed by atoms with Gasteiger partial charge in [-0.3, -0.25) is 9.48 Å². The molecule has 2 aromatic heterocycles. The van der Waals surface area contributed by atoms with Crippen molar-refractivity contribution < 1.29 is 4.74 Å². The van der Waals surface area contributed by atoms with Gasteiger partial charge in [0.1, 0.15) is 12.4 Å². The Hall–Kier alpha value is -2.21. The highest BCUT2D eigenvalue weighted by molar-refractivity contribution is 5.67. The van der Waals surface area contributed by atoms with E-state index in [4.69, 9.17) is 4.74 Å². The molecule has 6 nitrogen and oxygen atoms in total. The second-order valence-electron chi connectivity index (χ2n) is 3.83. The Morgan fingerprint density at radius 1 is 1.50 bits per heavy atom. The Morgan fingerprint density at radius 2 is 2.33 bits per heavy atom. The van der Waals surface area contributed by atoms with Gasteiger partial charge in [0.2, 0.25) is 0 Å². The number of hydrogen-bond acceptors (Lipinski definition) is 4. The summed E-state index contributed by atoms with van der Waals surface area (Å²) in [6.45, 7) is 0.282. The third kappa shape index (κ3) is 3.14. The highest BCUT2D eigenvalue weighted by Crippen LogP contribution is 2.04. The molecule has 94 valence electrons. The van der Waals surface area contributed by atoms with Crippen LogP contribution in [0.1, 0.15) is 17.1 Å². The monoisotopic (exact) mass is 246 g/mol. The van der Waals surface area contributed by atoms with Gasteiger partial charge in [0, 0.05) is 32.0 Å². The third-order valence-electron chi connectivity index (χ3n) is 2.26. The number of nitrogens with one attached hydrogen (secondary N) is 1. The van der Waals surface area contributed by atoms with Crippen molar-refractivity contribution in [2.45, 2.75) is 6.61 Å². The van der Waals surface area contributed by atoms with E-state index in [1.165, 1.54) is 6.07 Å². The number of hydrogen-bond donors (Lipinski definition) is 1. The van der Waals surface area contributed by atoms with Crippen LogP contribution >= 0.6 is 0 Å². The largest absolute Gasteiger partial charge is 0.377 e. The van der Waals surface area contributed by atoms with Gasteiger partial charge < -0.3 is 9.72 Å². The lowest BCUT2D eigenvalue weighted by molar-refractivity contribution is 0.177. The van der Waals surface area contributed by atoms with E-state index in [0.717, 1.165) is 5.56 Å². The van der Waals surface area contributed by atoms with Crippen LogP contribution < -0.4 is 5.56 Å². The fourth-order valence-electron chi connectivity index (χ4n) is 1.53. The van der Waals surface area contributed by atoms with Crippen LogP contribution in [-0.2, 0) is 18.4 Å². The van der Waals surface area contributed by atoms with E-state index in [1.54, 1.807) is 24.1 Å². The molecule has 0 bridgehead atoms. The van der Waals surface area contributed by atoms with Crippen molar-refractivity contribution in [1.82, 2.24) is 19.7 Å². The lowest BCUT2D eigenvalue weighted by Gasteiger charge is -1.99. The minimum atomic E-state index is -0.192. The van der Waals surface area contributed by atoms with Gasteiger partial charge in [0.25, 0.3) is 5.56 Å². The number of aromatic nitrogens is 4. The predicted octanol–water partition coefficient (Wildman–Crippen LogP) is 0.820. The summed E-state index contributed by atoms with van der Waals surface area (Å²) in [5.74, 6) is 0.510. The van der Waals surface area contributed by atoms with Gasteiger partial charge in [-0.2, -0.15) is 5.10 Å². The molecule has 6 heteroatoms. The highest BCUT2D eigenvalue weighted by atomic mass is 16.5. The standard InChI is InChI=1S/C12H14N4O2/c1-16-7-9(6-13-16)3-4-10-5-12(17)15-11(14-10)8-18-2/h3-7H,8H2,1-2H3,(H,14,15,17)/b4-3+. The summed E-state index contributed by atoms with van der Waals surface area (Å²) in [5, 5.41) is 4.05. The number of aryl methyl sites for hydroxylation is 1. The molecule has 0 amide bonds. The first kappa shape index (κ1) is 12.3. The second kappa shape index (κ2) is 5.42. The minimum Gasteiger partial charge on any atom is -0.377 e. The molecule has 0 aliphatic heterocycles. The fourth-order valence-corrected chi connectivity index (χ4v) is 1.53. The molecule has 0 radical (unpaired) electrons. The minimum absolute atomic E-state index is 0.192. The lowest BCUT2D eigenvalue weighted by Crippen LogP contribution is -2.11. The van der Waals surface area contributed by atoms with E-state index >= 15 is 0 Å². The number of nitrogens with zero attached hydrogens (tertiary/aromatic N) is 3. The van der Waals surface area contributed by atoms with E-state index in [2.05, 4.69) is 15.1 Å². The van der Waals surface area contributed by atoms with E-state index in [1.807, 2.05) is 19.3 Å². The molecule has 0 atom stereocenters. The maximum atomic E-state index is 11.4. The van der Waals surface area contributed by atoms with Gasteiger partial charge in [-0.1, -0.05) is 0 Å². The molecule has 18 heavy (non-hydrogen) atoms. The number of aromatic amines is 1. The smallest absolute Gasteiger partial charge is 0.251 e. The third-order valence-corrected chi connectivity index (χ3v) is 2.26. The first-order valence-electron chi connectivity index (χ1n) is 5.43. The van der Waals surface area contributed by atoms with E-state index in [9.17, 15) is 4.79 Å². The van der Waals surface area contributed by atoms with Crippen LogP contribution in [0.25, 0.3) is 12.2 Å². The average Bonchev–Trinajstić information content (AvgIpc) is 2.72. The number of H-pyrrole nitrogens is 1. The van der Waals surface area contributed by atoms with Crippen molar-refractivity contribution in [3.05, 3.63) is 45.9 Å². The Bertz CT molecular complexity index is 613. The van der Waals surface area contributed by atoms with Crippen molar-refractivity contribution >= 4 is 12.2 Å². The summed E-state index contributed by atoms with van der Waals surface area (Å²) >= 11 is 0. The van der Waals surface area contributed by atoms with Crippen molar-refractivity contribution in [3.8, 4) is 0 Å². The first-order valence-corrected chi connectivity index (χ1v) is 5.43. The fraction of sp³-hybridized carbons (Fsp3) is 0.250. The molecule has 2 heterocycles. The van der Waals surface area contributed by atoms with Crippen LogP contribution in [-0.4, -0.2) is 26.9 Å². The van der Waals surface area contributed by atoms with Crippen LogP contribution in [0.3, 0.4) is 0 Å². The van der Waals surface area contributed by atoms with Crippen LogP contribution in [0.5, 0.6) is 0 Å². The molecule has 2 aromatic rings. The Balaban J connectivity index is 2.23. The quantitative estimate of drug-likeness (QED) is 0.866. The van der Waals surface area contributed by atoms with Crippen LogP contribution in [0.4, 0.5) is 0 Å². The Kier molecular flexibility index (Phi) is 3.69. The summed E-state index contributed by atoms with van der Waals surface area (Å²) in [5.41, 5.74) is 1.35. The number of methoxy groups -OCH3 is 1. The second-order valence-corrected chi connectivity index (χ2v) is 3.83. The molecule has 0 aliphatic carbocycles. The molecule has 2 rings (SSSR count). The molecular formula is C12H14N4O2. The Morgan fingerprint density at radius 3 is 3.00 bits per heavy atom. The van der Waals surface area contributed by atoms with E-state index < -0.39 is 0 Å². The van der Waals surface area contributed by atoms with Gasteiger partial charge in [-0.15, -0.1) is 0 Å². The number of ether oxygens (including phenoxy) is 1. The summed E-state index contributed by atoms with van der Waals surface area (Å²) in [4.78, 5) is 18.3. The van der Waals surface area contributed by atoms with Crippen molar-refractivity contribution in [3.63, 3.8) is 0 Å². The van der Waals surface area contributed by atoms with Crippen LogP contribution in [0.15, 0.2) is 23.3 Å². The van der Waals surface area contributed by atoms with Gasteiger partial charge in [0.15, 0.2) is 0 Å². The zero-order chi connectivity index (χ0) is 13.0. The van der Waals surface area contributed by atoms with Gasteiger partial charge in [-0.05, 0) is 12.2 Å². The van der Waals surface area contributed by atoms with Crippen molar-refractivity contribution in [1.29, 1.82) is 0 Å². The Labute approximate surface area is 104 Å². The SMILES string of the molecule is COCc1nc(/C=C/c2cnn(C)c2)cc(=O)[nH]1. The molecule has 0 fully saturated rings. The topological polar surface area (TPSA) is 72.8 Å². The molecule has 0 saturated heterocycles. The van der Waals surface area contributed by atoms with E-state index in [0.29, 0.717) is 11.5 Å². The lowest BCUT2D eigenvalue weighted by atomic mass is 10.3. The van der Waals surface area contributed by atoms with Gasteiger partial charge in [-0.25, -0.2) is 4.98 Å². The predicted molar refractivity (Wildman–Crippen MR) is 67.7 cm³/mol. The summed E-state index contributed by atoms with van der Waals surface area (Å²) in [7, 11) is 3.40. The van der Waals surface area contributed by atoms with Crippen molar-refractivity contribution in [2.75, 3.05) is 7.11 Å². The molecule has 0 aliphatic rings.